The number of pyridine rings is 1. The molecule has 0 radical (unpaired) electrons. The summed E-state index contributed by atoms with van der Waals surface area (Å²) in [4.78, 5) is 11.4. The van der Waals surface area contributed by atoms with E-state index in [0.717, 1.165) is 17.1 Å². The molecule has 0 aromatic carbocycles. The molecular weight excluding hydrogens is 198 g/mol. The van der Waals surface area contributed by atoms with E-state index in [1.165, 1.54) is 0 Å². The number of rotatable bonds is 3. The average molecular weight is 211 g/mol. The van der Waals surface area contributed by atoms with Gasteiger partial charge in [0.2, 0.25) is 0 Å². The fourth-order valence-corrected chi connectivity index (χ4v) is 1.32. The van der Waals surface area contributed by atoms with Crippen molar-refractivity contribution in [1.29, 1.82) is 0 Å². The average Bonchev–Trinajstić information content (AvgIpc) is 2.72. The molecular formula is C13H13N3. The summed E-state index contributed by atoms with van der Waals surface area (Å²) in [7, 11) is 0. The highest BCUT2D eigenvalue weighted by Gasteiger charge is 1.92. The number of nitrogens with zero attached hydrogens (tertiary/aromatic N) is 2. The largest absolute Gasteiger partial charge is 0.345 e. The van der Waals surface area contributed by atoms with Gasteiger partial charge in [-0.3, -0.25) is 4.98 Å². The summed E-state index contributed by atoms with van der Waals surface area (Å²) in [6.07, 6.45) is 11.3. The molecule has 0 fully saturated rings. The van der Waals surface area contributed by atoms with Gasteiger partial charge in [-0.2, -0.15) is 0 Å². The van der Waals surface area contributed by atoms with Crippen molar-refractivity contribution in [3.63, 3.8) is 0 Å². The van der Waals surface area contributed by atoms with E-state index in [9.17, 15) is 0 Å². The normalized spacial score (nSPS) is 11.6. The Bertz CT molecular complexity index is 495. The van der Waals surface area contributed by atoms with Gasteiger partial charge in [-0.05, 0) is 31.2 Å². The van der Waals surface area contributed by atoms with Gasteiger partial charge >= 0.3 is 0 Å². The predicted octanol–water partition coefficient (Wildman–Crippen LogP) is 2.84. The second-order valence-corrected chi connectivity index (χ2v) is 3.37. The first-order valence-corrected chi connectivity index (χ1v) is 5.12. The number of aromatic amines is 1. The summed E-state index contributed by atoms with van der Waals surface area (Å²) in [6, 6.07) is 5.84. The molecule has 0 spiro atoms. The van der Waals surface area contributed by atoms with E-state index < -0.39 is 0 Å². The maximum atomic E-state index is 4.19. The number of allylic oxidation sites excluding steroid dienone is 2. The SMILES string of the molecule is Cc1nc[nH]c1/C=C/C=C/c1ccccn1. The second kappa shape index (κ2) is 5.07. The number of hydrogen-bond donors (Lipinski definition) is 1. The van der Waals surface area contributed by atoms with E-state index >= 15 is 0 Å². The van der Waals surface area contributed by atoms with Crippen molar-refractivity contribution >= 4 is 12.2 Å². The van der Waals surface area contributed by atoms with Crippen molar-refractivity contribution in [3.8, 4) is 0 Å². The summed E-state index contributed by atoms with van der Waals surface area (Å²) in [5.74, 6) is 0. The van der Waals surface area contributed by atoms with Gasteiger partial charge in [0, 0.05) is 6.20 Å². The number of aromatic nitrogens is 3. The molecule has 1 N–H and O–H groups in total. The van der Waals surface area contributed by atoms with Crippen molar-refractivity contribution in [2.24, 2.45) is 0 Å². The Hall–Kier alpha value is -2.16. The third-order valence-corrected chi connectivity index (χ3v) is 2.20. The molecule has 0 atom stereocenters. The molecule has 0 bridgehead atoms. The molecule has 3 heteroatoms. The summed E-state index contributed by atoms with van der Waals surface area (Å²) in [6.45, 7) is 1.97. The highest BCUT2D eigenvalue weighted by Crippen LogP contribution is 2.03. The predicted molar refractivity (Wildman–Crippen MR) is 65.6 cm³/mol. The lowest BCUT2D eigenvalue weighted by Gasteiger charge is -1.88. The summed E-state index contributed by atoms with van der Waals surface area (Å²) in [5, 5.41) is 0. The molecule has 2 aromatic heterocycles. The second-order valence-electron chi connectivity index (χ2n) is 3.37. The molecule has 0 aliphatic heterocycles. The van der Waals surface area contributed by atoms with Crippen LogP contribution in [0.5, 0.6) is 0 Å². The number of hydrogen-bond acceptors (Lipinski definition) is 2. The number of imidazole rings is 1. The van der Waals surface area contributed by atoms with E-state index in [1.807, 2.05) is 49.4 Å². The lowest BCUT2D eigenvalue weighted by Crippen LogP contribution is -1.76. The van der Waals surface area contributed by atoms with Gasteiger partial charge in [0.05, 0.1) is 23.4 Å². The Morgan fingerprint density at radius 3 is 2.69 bits per heavy atom. The molecule has 0 aliphatic rings. The maximum Gasteiger partial charge on any atom is 0.0927 e. The monoisotopic (exact) mass is 211 g/mol. The number of nitrogens with one attached hydrogen (secondary N) is 1. The van der Waals surface area contributed by atoms with Gasteiger partial charge in [-0.15, -0.1) is 0 Å². The molecule has 3 nitrogen and oxygen atoms in total. The minimum absolute atomic E-state index is 0.952. The van der Waals surface area contributed by atoms with Crippen LogP contribution < -0.4 is 0 Å². The Morgan fingerprint density at radius 2 is 2.00 bits per heavy atom. The van der Waals surface area contributed by atoms with Crippen LogP contribution in [-0.4, -0.2) is 15.0 Å². The first-order valence-electron chi connectivity index (χ1n) is 5.12. The lowest BCUT2D eigenvalue weighted by atomic mass is 10.3. The topological polar surface area (TPSA) is 41.6 Å². The van der Waals surface area contributed by atoms with Crippen LogP contribution in [0.4, 0.5) is 0 Å². The molecule has 2 aromatic rings. The minimum Gasteiger partial charge on any atom is -0.345 e. The zero-order chi connectivity index (χ0) is 11.2. The molecule has 0 aliphatic carbocycles. The van der Waals surface area contributed by atoms with Crippen LogP contribution >= 0.6 is 0 Å². The third-order valence-electron chi connectivity index (χ3n) is 2.20. The van der Waals surface area contributed by atoms with Gasteiger partial charge in [0.25, 0.3) is 0 Å². The molecule has 0 amide bonds. The summed E-state index contributed by atoms with van der Waals surface area (Å²) < 4.78 is 0. The van der Waals surface area contributed by atoms with E-state index in [0.29, 0.717) is 0 Å². The molecule has 0 unspecified atom stereocenters. The van der Waals surface area contributed by atoms with Gasteiger partial charge in [-0.1, -0.05) is 18.2 Å². The van der Waals surface area contributed by atoms with Crippen LogP contribution in [-0.2, 0) is 0 Å². The standard InChI is InChI=1S/C13H13N3/c1-11-13(16-10-15-11)8-3-2-6-12-7-4-5-9-14-12/h2-10H,1H3,(H,15,16)/b6-2+,8-3+. The quantitative estimate of drug-likeness (QED) is 0.793. The highest BCUT2D eigenvalue weighted by molar-refractivity contribution is 5.54. The van der Waals surface area contributed by atoms with Gasteiger partial charge < -0.3 is 4.98 Å². The Labute approximate surface area is 94.6 Å². The summed E-state index contributed by atoms with van der Waals surface area (Å²) in [5.41, 5.74) is 2.99. The van der Waals surface area contributed by atoms with Gasteiger partial charge in [0.15, 0.2) is 0 Å². The van der Waals surface area contributed by atoms with E-state index in [4.69, 9.17) is 0 Å². The number of aryl methyl sites for hydroxylation is 1. The van der Waals surface area contributed by atoms with Crippen LogP contribution in [0, 0.1) is 6.92 Å². The van der Waals surface area contributed by atoms with Crippen LogP contribution in [0.1, 0.15) is 17.1 Å². The fourth-order valence-electron chi connectivity index (χ4n) is 1.32. The van der Waals surface area contributed by atoms with Gasteiger partial charge in [0.1, 0.15) is 0 Å². The molecule has 80 valence electrons. The molecule has 0 saturated heterocycles. The lowest BCUT2D eigenvalue weighted by molar-refractivity contribution is 1.25. The van der Waals surface area contributed by atoms with Crippen LogP contribution in [0.25, 0.3) is 12.2 Å². The first-order chi connectivity index (χ1) is 7.86. The van der Waals surface area contributed by atoms with Gasteiger partial charge in [-0.25, -0.2) is 4.98 Å². The molecule has 2 rings (SSSR count). The van der Waals surface area contributed by atoms with Crippen molar-refractivity contribution in [2.75, 3.05) is 0 Å². The Balaban J connectivity index is 2.00. The Kier molecular flexibility index (Phi) is 3.28. The van der Waals surface area contributed by atoms with Crippen LogP contribution in [0.3, 0.4) is 0 Å². The molecule has 0 saturated carbocycles. The Morgan fingerprint density at radius 1 is 1.12 bits per heavy atom. The van der Waals surface area contributed by atoms with E-state index in [1.54, 1.807) is 12.5 Å². The smallest absolute Gasteiger partial charge is 0.0927 e. The minimum atomic E-state index is 0.952. The van der Waals surface area contributed by atoms with E-state index in [-0.39, 0.29) is 0 Å². The van der Waals surface area contributed by atoms with Crippen molar-refractivity contribution in [1.82, 2.24) is 15.0 Å². The fraction of sp³-hybridized carbons (Fsp3) is 0.0769. The summed E-state index contributed by atoms with van der Waals surface area (Å²) >= 11 is 0. The van der Waals surface area contributed by atoms with Crippen LogP contribution in [0.15, 0.2) is 42.9 Å². The number of H-pyrrole nitrogens is 1. The zero-order valence-corrected chi connectivity index (χ0v) is 9.09. The van der Waals surface area contributed by atoms with E-state index in [2.05, 4.69) is 15.0 Å². The van der Waals surface area contributed by atoms with Crippen molar-refractivity contribution in [3.05, 3.63) is 60.0 Å². The molecule has 2 heterocycles. The molecule has 16 heavy (non-hydrogen) atoms. The van der Waals surface area contributed by atoms with Crippen LogP contribution in [0.2, 0.25) is 0 Å². The highest BCUT2D eigenvalue weighted by atomic mass is 14.9. The van der Waals surface area contributed by atoms with Crippen molar-refractivity contribution < 1.29 is 0 Å². The maximum absolute atomic E-state index is 4.19. The first kappa shape index (κ1) is 10.4. The third kappa shape index (κ3) is 2.67. The zero-order valence-electron chi connectivity index (χ0n) is 9.09. The van der Waals surface area contributed by atoms with Crippen molar-refractivity contribution in [2.45, 2.75) is 6.92 Å².